The van der Waals surface area contributed by atoms with E-state index in [4.69, 9.17) is 5.10 Å². The third-order valence-electron chi connectivity index (χ3n) is 5.40. The summed E-state index contributed by atoms with van der Waals surface area (Å²) in [5, 5.41) is 9.74. The highest BCUT2D eigenvalue weighted by Crippen LogP contribution is 2.26. The lowest BCUT2D eigenvalue weighted by molar-refractivity contribution is -0.134. The van der Waals surface area contributed by atoms with Gasteiger partial charge in [0.2, 0.25) is 11.8 Å². The van der Waals surface area contributed by atoms with Gasteiger partial charge in [0.05, 0.1) is 24.3 Å². The van der Waals surface area contributed by atoms with E-state index in [-0.39, 0.29) is 23.8 Å². The van der Waals surface area contributed by atoms with Crippen molar-refractivity contribution in [1.82, 2.24) is 14.7 Å². The van der Waals surface area contributed by atoms with Gasteiger partial charge in [-0.25, -0.2) is 4.68 Å². The number of nitrogens with one attached hydrogen (secondary N) is 1. The van der Waals surface area contributed by atoms with E-state index in [9.17, 15) is 9.59 Å². The summed E-state index contributed by atoms with van der Waals surface area (Å²) in [7, 11) is 0. The summed E-state index contributed by atoms with van der Waals surface area (Å²) < 4.78 is 1.77. The molecular weight excluding hydrogens is 432 g/mol. The molecule has 0 bridgehead atoms. The van der Waals surface area contributed by atoms with E-state index in [1.807, 2.05) is 54.8 Å². The van der Waals surface area contributed by atoms with E-state index >= 15 is 0 Å². The molecule has 2 amide bonds. The molecule has 6 nitrogen and oxygen atoms in total. The first-order valence-corrected chi connectivity index (χ1v) is 12.3. The van der Waals surface area contributed by atoms with Gasteiger partial charge in [-0.1, -0.05) is 57.9 Å². The zero-order chi connectivity index (χ0) is 24.0. The summed E-state index contributed by atoms with van der Waals surface area (Å²) in [6.07, 6.45) is 2.14. The van der Waals surface area contributed by atoms with Crippen LogP contribution in [0.25, 0.3) is 5.69 Å². The minimum Gasteiger partial charge on any atom is -0.333 e. The number of thiophene rings is 1. The summed E-state index contributed by atoms with van der Waals surface area (Å²) in [5.74, 6) is 0.359. The maximum Gasteiger partial charge on any atom is 0.245 e. The number of amides is 2. The van der Waals surface area contributed by atoms with Crippen LogP contribution in [0.4, 0.5) is 5.82 Å². The normalized spacial score (nSPS) is 11.4. The molecule has 33 heavy (non-hydrogen) atoms. The number of benzene rings is 1. The molecule has 176 valence electrons. The van der Waals surface area contributed by atoms with E-state index in [0.717, 1.165) is 34.7 Å². The van der Waals surface area contributed by atoms with Gasteiger partial charge in [0.15, 0.2) is 0 Å². The molecule has 0 atom stereocenters. The monoisotopic (exact) mass is 466 g/mol. The topological polar surface area (TPSA) is 67.2 Å². The summed E-state index contributed by atoms with van der Waals surface area (Å²) in [6, 6.07) is 13.8. The summed E-state index contributed by atoms with van der Waals surface area (Å²) in [6.45, 7) is 11.0. The molecule has 0 fully saturated rings. The number of hydrogen-bond acceptors (Lipinski definition) is 4. The Morgan fingerprint density at radius 2 is 1.88 bits per heavy atom. The summed E-state index contributed by atoms with van der Waals surface area (Å²) in [5.41, 5.74) is 2.75. The minimum atomic E-state index is -0.223. The first-order valence-electron chi connectivity index (χ1n) is 11.4. The first-order chi connectivity index (χ1) is 15.7. The highest BCUT2D eigenvalue weighted by Gasteiger charge is 2.23. The lowest BCUT2D eigenvalue weighted by Gasteiger charge is -2.22. The average Bonchev–Trinajstić information content (AvgIpc) is 3.41. The molecule has 0 spiro atoms. The second-order valence-corrected chi connectivity index (χ2v) is 10.4. The third-order valence-corrected chi connectivity index (χ3v) is 6.27. The molecule has 1 aromatic carbocycles. The van der Waals surface area contributed by atoms with Crippen molar-refractivity contribution in [3.63, 3.8) is 0 Å². The van der Waals surface area contributed by atoms with Crippen LogP contribution in [0, 0.1) is 6.92 Å². The molecule has 0 aliphatic heterocycles. The van der Waals surface area contributed by atoms with E-state index in [2.05, 4.69) is 33.0 Å². The van der Waals surface area contributed by atoms with Gasteiger partial charge in [0, 0.05) is 22.9 Å². The van der Waals surface area contributed by atoms with Crippen molar-refractivity contribution in [2.24, 2.45) is 0 Å². The second-order valence-electron chi connectivity index (χ2n) is 9.39. The SMILES string of the molecule is CCCCN(CC(=O)Nc1cc(C(C)(C)C)nn1-c1ccc(C)cc1)C(=O)Cc1cccs1. The number of nitrogens with zero attached hydrogens (tertiary/aromatic N) is 3. The van der Waals surface area contributed by atoms with Gasteiger partial charge >= 0.3 is 0 Å². The Hall–Kier alpha value is -2.93. The molecule has 2 aromatic heterocycles. The Bertz CT molecular complexity index is 1060. The molecule has 0 saturated carbocycles. The molecule has 7 heteroatoms. The predicted molar refractivity (Wildman–Crippen MR) is 135 cm³/mol. The van der Waals surface area contributed by atoms with E-state index in [0.29, 0.717) is 18.8 Å². The number of unbranched alkanes of at least 4 members (excludes halogenated alkanes) is 1. The molecule has 3 rings (SSSR count). The fraction of sp³-hybridized carbons (Fsp3) is 0.423. The van der Waals surface area contributed by atoms with Crippen LogP contribution in [0.2, 0.25) is 0 Å². The lowest BCUT2D eigenvalue weighted by atomic mass is 9.92. The second kappa shape index (κ2) is 10.8. The molecule has 2 heterocycles. The maximum absolute atomic E-state index is 13.0. The Labute approximate surface area is 200 Å². The number of hydrogen-bond donors (Lipinski definition) is 1. The Balaban J connectivity index is 1.79. The van der Waals surface area contributed by atoms with Crippen molar-refractivity contribution in [3.05, 3.63) is 64.0 Å². The van der Waals surface area contributed by atoms with Gasteiger partial charge in [-0.2, -0.15) is 5.10 Å². The quantitative estimate of drug-likeness (QED) is 0.462. The van der Waals surface area contributed by atoms with Crippen LogP contribution in [0.3, 0.4) is 0 Å². The average molecular weight is 467 g/mol. The molecule has 0 aliphatic carbocycles. The van der Waals surface area contributed by atoms with Crippen molar-refractivity contribution < 1.29 is 9.59 Å². The zero-order valence-electron chi connectivity index (χ0n) is 20.2. The van der Waals surface area contributed by atoms with Gasteiger partial charge in [0.1, 0.15) is 5.82 Å². The molecule has 0 radical (unpaired) electrons. The van der Waals surface area contributed by atoms with E-state index in [1.165, 1.54) is 0 Å². The number of carbonyl (C=O) groups excluding carboxylic acids is 2. The van der Waals surface area contributed by atoms with E-state index in [1.54, 1.807) is 20.9 Å². The molecule has 0 saturated heterocycles. The lowest BCUT2D eigenvalue weighted by Crippen LogP contribution is -2.39. The van der Waals surface area contributed by atoms with Crippen molar-refractivity contribution in [2.45, 2.75) is 59.3 Å². The van der Waals surface area contributed by atoms with Gasteiger partial charge in [-0.15, -0.1) is 11.3 Å². The van der Waals surface area contributed by atoms with Crippen LogP contribution >= 0.6 is 11.3 Å². The number of anilines is 1. The number of carbonyl (C=O) groups is 2. The van der Waals surface area contributed by atoms with Crippen LogP contribution in [0.5, 0.6) is 0 Å². The molecule has 1 N–H and O–H groups in total. The van der Waals surface area contributed by atoms with Crippen molar-refractivity contribution in [1.29, 1.82) is 0 Å². The fourth-order valence-corrected chi connectivity index (χ4v) is 4.09. The number of aryl methyl sites for hydroxylation is 1. The Kier molecular flexibility index (Phi) is 8.08. The van der Waals surface area contributed by atoms with Crippen LogP contribution in [-0.4, -0.2) is 39.6 Å². The molecular formula is C26H34N4O2S. The van der Waals surface area contributed by atoms with Crippen LogP contribution in [0.15, 0.2) is 47.8 Å². The molecule has 0 unspecified atom stereocenters. The van der Waals surface area contributed by atoms with E-state index < -0.39 is 0 Å². The largest absolute Gasteiger partial charge is 0.333 e. The standard InChI is InChI=1S/C26H34N4O2S/c1-6-7-14-29(25(32)16-21-9-8-15-33-21)18-24(31)27-23-17-22(26(3,4)5)28-30(23)20-12-10-19(2)11-13-20/h8-13,15,17H,6-7,14,16,18H2,1-5H3,(H,27,31). The van der Waals surface area contributed by atoms with Gasteiger partial charge < -0.3 is 10.2 Å². The highest BCUT2D eigenvalue weighted by atomic mass is 32.1. The van der Waals surface area contributed by atoms with Gasteiger partial charge in [0.25, 0.3) is 0 Å². The molecule has 0 aliphatic rings. The minimum absolute atomic E-state index is 0.0220. The van der Waals surface area contributed by atoms with Crippen molar-refractivity contribution in [2.75, 3.05) is 18.4 Å². The number of aromatic nitrogens is 2. The highest BCUT2D eigenvalue weighted by molar-refractivity contribution is 7.10. The smallest absolute Gasteiger partial charge is 0.245 e. The van der Waals surface area contributed by atoms with Crippen molar-refractivity contribution in [3.8, 4) is 5.69 Å². The first kappa shape index (κ1) is 24.7. The third kappa shape index (κ3) is 6.78. The van der Waals surface area contributed by atoms with Crippen LogP contribution < -0.4 is 5.32 Å². The summed E-state index contributed by atoms with van der Waals surface area (Å²) in [4.78, 5) is 28.6. The summed E-state index contributed by atoms with van der Waals surface area (Å²) >= 11 is 1.56. The fourth-order valence-electron chi connectivity index (χ4n) is 3.39. The molecule has 3 aromatic rings. The predicted octanol–water partition coefficient (Wildman–Crippen LogP) is 5.35. The van der Waals surface area contributed by atoms with Crippen molar-refractivity contribution >= 4 is 29.0 Å². The maximum atomic E-state index is 13.0. The zero-order valence-corrected chi connectivity index (χ0v) is 21.0. The van der Waals surface area contributed by atoms with Gasteiger partial charge in [-0.05, 0) is 36.9 Å². The number of rotatable bonds is 9. The van der Waals surface area contributed by atoms with Crippen LogP contribution in [-0.2, 0) is 21.4 Å². The Morgan fingerprint density at radius 1 is 1.15 bits per heavy atom. The Morgan fingerprint density at radius 3 is 2.48 bits per heavy atom. The van der Waals surface area contributed by atoms with Gasteiger partial charge in [-0.3, -0.25) is 9.59 Å². The van der Waals surface area contributed by atoms with Crippen LogP contribution in [0.1, 0.15) is 56.7 Å².